The van der Waals surface area contributed by atoms with E-state index in [2.05, 4.69) is 9.62 Å². The predicted molar refractivity (Wildman–Crippen MR) is 89.4 cm³/mol. The Kier molecular flexibility index (Phi) is 7.12. The first-order chi connectivity index (χ1) is 10.5. The summed E-state index contributed by atoms with van der Waals surface area (Å²) in [7, 11) is -1.72. The third kappa shape index (κ3) is 5.48. The van der Waals surface area contributed by atoms with Crippen LogP contribution in [0, 0.1) is 5.92 Å². The summed E-state index contributed by atoms with van der Waals surface area (Å²) in [5.74, 6) is 0.865. The van der Waals surface area contributed by atoms with Crippen molar-refractivity contribution in [3.05, 3.63) is 0 Å². The summed E-state index contributed by atoms with van der Waals surface area (Å²) < 4.78 is 32.2. The van der Waals surface area contributed by atoms with Gasteiger partial charge in [0.05, 0.1) is 11.9 Å². The molecule has 2 rings (SSSR count). The highest BCUT2D eigenvalue weighted by atomic mass is 32.2. The molecule has 1 N–H and O–H groups in total. The zero-order valence-electron chi connectivity index (χ0n) is 14.1. The van der Waals surface area contributed by atoms with Crippen molar-refractivity contribution in [2.24, 2.45) is 5.92 Å². The smallest absolute Gasteiger partial charge is 0.216 e. The van der Waals surface area contributed by atoms with Crippen LogP contribution in [0.4, 0.5) is 0 Å². The van der Waals surface area contributed by atoms with Gasteiger partial charge in [0.25, 0.3) is 0 Å². The van der Waals surface area contributed by atoms with Crippen LogP contribution in [0.2, 0.25) is 0 Å². The Labute approximate surface area is 135 Å². The van der Waals surface area contributed by atoms with Gasteiger partial charge in [0, 0.05) is 19.7 Å². The first-order valence-electron chi connectivity index (χ1n) is 8.73. The van der Waals surface area contributed by atoms with E-state index in [9.17, 15) is 8.42 Å². The topological polar surface area (TPSA) is 58.6 Å². The van der Waals surface area contributed by atoms with Gasteiger partial charge in [-0.25, -0.2) is 13.1 Å². The molecule has 0 spiro atoms. The SMILES string of the molecule is COC[C@@H](C)S(=O)(=O)NC1CCN(CC2CCCCC2)CC1. The van der Waals surface area contributed by atoms with E-state index in [1.165, 1.54) is 45.8 Å². The van der Waals surface area contributed by atoms with Gasteiger partial charge in [-0.15, -0.1) is 0 Å². The van der Waals surface area contributed by atoms with E-state index in [4.69, 9.17) is 4.74 Å². The summed E-state index contributed by atoms with van der Waals surface area (Å²) in [6.07, 6.45) is 8.77. The fraction of sp³-hybridized carbons (Fsp3) is 1.00. The van der Waals surface area contributed by atoms with Crippen molar-refractivity contribution >= 4 is 10.0 Å². The lowest BCUT2D eigenvalue weighted by atomic mass is 9.88. The second kappa shape index (κ2) is 8.62. The Morgan fingerprint density at radius 1 is 1.14 bits per heavy atom. The number of hydrogen-bond acceptors (Lipinski definition) is 4. The number of piperidine rings is 1. The van der Waals surface area contributed by atoms with E-state index in [0.717, 1.165) is 31.8 Å². The number of likely N-dealkylation sites (tertiary alicyclic amines) is 1. The number of hydrogen-bond donors (Lipinski definition) is 1. The molecule has 0 aromatic rings. The maximum atomic E-state index is 12.2. The van der Waals surface area contributed by atoms with Gasteiger partial charge in [0.15, 0.2) is 0 Å². The van der Waals surface area contributed by atoms with Gasteiger partial charge in [0.1, 0.15) is 0 Å². The number of methoxy groups -OCH3 is 1. The van der Waals surface area contributed by atoms with Crippen LogP contribution in [-0.4, -0.2) is 58.0 Å². The molecule has 0 unspecified atom stereocenters. The molecule has 0 amide bonds. The fourth-order valence-corrected chi connectivity index (χ4v) is 4.89. The molecule has 1 atom stereocenters. The van der Waals surface area contributed by atoms with Crippen molar-refractivity contribution in [2.75, 3.05) is 33.4 Å². The maximum absolute atomic E-state index is 12.2. The average Bonchev–Trinajstić information content (AvgIpc) is 2.50. The Balaban J connectivity index is 1.72. The van der Waals surface area contributed by atoms with E-state index in [0.29, 0.717) is 0 Å². The minimum absolute atomic E-state index is 0.0897. The molecule has 1 saturated carbocycles. The standard InChI is InChI=1S/C16H32N2O3S/c1-14(13-21-2)22(19,20)17-16-8-10-18(11-9-16)12-15-6-4-3-5-7-15/h14-17H,3-13H2,1-2H3/t14-/m1/s1. The van der Waals surface area contributed by atoms with E-state index >= 15 is 0 Å². The minimum atomic E-state index is -3.26. The molecule has 0 radical (unpaired) electrons. The lowest BCUT2D eigenvalue weighted by molar-refractivity contribution is 0.160. The first-order valence-corrected chi connectivity index (χ1v) is 10.3. The van der Waals surface area contributed by atoms with E-state index in [1.54, 1.807) is 6.92 Å². The van der Waals surface area contributed by atoms with Gasteiger partial charge in [-0.3, -0.25) is 0 Å². The Bertz CT molecular complexity index is 413. The highest BCUT2D eigenvalue weighted by Gasteiger charge is 2.28. The summed E-state index contributed by atoms with van der Waals surface area (Å²) in [5.41, 5.74) is 0. The molecule has 0 bridgehead atoms. The van der Waals surface area contributed by atoms with Gasteiger partial charge in [0.2, 0.25) is 10.0 Å². The van der Waals surface area contributed by atoms with Crippen LogP contribution in [0.5, 0.6) is 0 Å². The lowest BCUT2D eigenvalue weighted by Crippen LogP contribution is -2.48. The highest BCUT2D eigenvalue weighted by Crippen LogP contribution is 2.25. The first kappa shape index (κ1) is 18.2. The monoisotopic (exact) mass is 332 g/mol. The molecule has 22 heavy (non-hydrogen) atoms. The molecule has 0 aromatic carbocycles. The Morgan fingerprint density at radius 2 is 1.77 bits per heavy atom. The number of nitrogens with zero attached hydrogens (tertiary/aromatic N) is 1. The predicted octanol–water partition coefficient (Wildman–Crippen LogP) is 1.99. The van der Waals surface area contributed by atoms with Crippen LogP contribution < -0.4 is 4.72 Å². The Morgan fingerprint density at radius 3 is 2.36 bits per heavy atom. The second-order valence-corrected chi connectivity index (χ2v) is 9.14. The molecular weight excluding hydrogens is 300 g/mol. The van der Waals surface area contributed by atoms with Gasteiger partial charge < -0.3 is 9.64 Å². The zero-order chi connectivity index (χ0) is 16.0. The van der Waals surface area contributed by atoms with Crippen molar-refractivity contribution in [1.82, 2.24) is 9.62 Å². The van der Waals surface area contributed by atoms with Crippen LogP contribution in [0.25, 0.3) is 0 Å². The number of ether oxygens (including phenoxy) is 1. The molecule has 1 aliphatic heterocycles. The van der Waals surface area contributed by atoms with Crippen LogP contribution in [0.3, 0.4) is 0 Å². The van der Waals surface area contributed by atoms with Crippen LogP contribution in [0.15, 0.2) is 0 Å². The summed E-state index contributed by atoms with van der Waals surface area (Å²) >= 11 is 0. The van der Waals surface area contributed by atoms with Gasteiger partial charge in [-0.05, 0) is 51.6 Å². The number of sulfonamides is 1. The largest absolute Gasteiger partial charge is 0.383 e. The molecule has 6 heteroatoms. The van der Waals surface area contributed by atoms with Crippen molar-refractivity contribution in [1.29, 1.82) is 0 Å². The van der Waals surface area contributed by atoms with Crippen molar-refractivity contribution in [3.8, 4) is 0 Å². The van der Waals surface area contributed by atoms with Crippen molar-refractivity contribution < 1.29 is 13.2 Å². The van der Waals surface area contributed by atoms with E-state index in [-0.39, 0.29) is 12.6 Å². The average molecular weight is 333 g/mol. The molecule has 5 nitrogen and oxygen atoms in total. The van der Waals surface area contributed by atoms with Crippen LogP contribution in [0.1, 0.15) is 51.9 Å². The lowest BCUT2D eigenvalue weighted by Gasteiger charge is -2.35. The second-order valence-electron chi connectivity index (χ2n) is 7.01. The third-order valence-corrected chi connectivity index (χ3v) is 6.95. The van der Waals surface area contributed by atoms with Crippen molar-refractivity contribution in [2.45, 2.75) is 63.2 Å². The summed E-state index contributed by atoms with van der Waals surface area (Å²) in [5, 5.41) is -0.488. The van der Waals surface area contributed by atoms with E-state index < -0.39 is 15.3 Å². The molecule has 1 aliphatic carbocycles. The fourth-order valence-electron chi connectivity index (χ4n) is 3.64. The zero-order valence-corrected chi connectivity index (χ0v) is 14.9. The molecule has 1 saturated heterocycles. The van der Waals surface area contributed by atoms with Crippen molar-refractivity contribution in [3.63, 3.8) is 0 Å². The normalized spacial score (nSPS) is 24.5. The maximum Gasteiger partial charge on any atom is 0.216 e. The molecular formula is C16H32N2O3S. The summed E-state index contributed by atoms with van der Waals surface area (Å²) in [4.78, 5) is 2.53. The van der Waals surface area contributed by atoms with E-state index in [1.807, 2.05) is 0 Å². The molecule has 130 valence electrons. The summed E-state index contributed by atoms with van der Waals surface area (Å²) in [6, 6.07) is 0.0897. The molecule has 2 aliphatic rings. The molecule has 1 heterocycles. The number of rotatable bonds is 7. The minimum Gasteiger partial charge on any atom is -0.383 e. The molecule has 2 fully saturated rings. The number of nitrogens with one attached hydrogen (secondary N) is 1. The van der Waals surface area contributed by atoms with Crippen LogP contribution >= 0.6 is 0 Å². The van der Waals surface area contributed by atoms with Crippen LogP contribution in [-0.2, 0) is 14.8 Å². The highest BCUT2D eigenvalue weighted by molar-refractivity contribution is 7.90. The quantitative estimate of drug-likeness (QED) is 0.774. The molecule has 0 aromatic heterocycles. The Hall–Kier alpha value is -0.170. The third-order valence-electron chi connectivity index (χ3n) is 5.09. The van der Waals surface area contributed by atoms with Gasteiger partial charge in [-0.1, -0.05) is 19.3 Å². The van der Waals surface area contributed by atoms with Gasteiger partial charge in [-0.2, -0.15) is 0 Å². The van der Waals surface area contributed by atoms with Gasteiger partial charge >= 0.3 is 0 Å². The summed E-state index contributed by atoms with van der Waals surface area (Å²) in [6.45, 7) is 5.18.